The van der Waals surface area contributed by atoms with E-state index in [0.29, 0.717) is 11.6 Å². The highest BCUT2D eigenvalue weighted by Crippen LogP contribution is 2.45. The molecule has 2 rings (SSSR count). The zero-order valence-electron chi connectivity index (χ0n) is 14.2. The van der Waals surface area contributed by atoms with E-state index in [4.69, 9.17) is 4.74 Å². The van der Waals surface area contributed by atoms with Crippen LogP contribution in [-0.2, 0) is 14.9 Å². The fourth-order valence-corrected chi connectivity index (χ4v) is 2.99. The lowest BCUT2D eigenvalue weighted by Crippen LogP contribution is -2.36. The van der Waals surface area contributed by atoms with Crippen molar-refractivity contribution in [1.29, 1.82) is 0 Å². The summed E-state index contributed by atoms with van der Waals surface area (Å²) in [4.78, 5) is 13.8. The van der Waals surface area contributed by atoms with Gasteiger partial charge in [-0.15, -0.1) is 0 Å². The number of allylic oxidation sites excluding steroid dienone is 1. The predicted molar refractivity (Wildman–Crippen MR) is 87.7 cm³/mol. The molecule has 0 bridgehead atoms. The minimum absolute atomic E-state index is 0.0270. The van der Waals surface area contributed by atoms with E-state index in [-0.39, 0.29) is 12.0 Å². The third-order valence-corrected chi connectivity index (χ3v) is 4.91. The quantitative estimate of drug-likeness (QED) is 0.623. The number of fused-ring (bicyclic) bond motifs is 1. The summed E-state index contributed by atoms with van der Waals surface area (Å²) >= 11 is 0. The first-order valence-corrected chi connectivity index (χ1v) is 7.63. The first kappa shape index (κ1) is 16.5. The lowest BCUT2D eigenvalue weighted by atomic mass is 9.80. The van der Waals surface area contributed by atoms with Crippen LogP contribution in [0.1, 0.15) is 45.7 Å². The number of carbonyl (C=O) groups is 1. The summed E-state index contributed by atoms with van der Waals surface area (Å²) in [5.41, 5.74) is 3.35. The van der Waals surface area contributed by atoms with Gasteiger partial charge in [0, 0.05) is 24.2 Å². The Hall–Kier alpha value is -1.84. The molecule has 0 spiro atoms. The molecule has 1 unspecified atom stereocenters. The Morgan fingerprint density at radius 1 is 1.41 bits per heavy atom. The van der Waals surface area contributed by atoms with Crippen LogP contribution in [0, 0.1) is 0 Å². The molecule has 0 saturated carbocycles. The SMILES string of the molecule is CCOC(=O)C(F)=C(C)c1ccc2c(c1)C(C)(C)C(C)N2C. The zero-order valence-corrected chi connectivity index (χ0v) is 14.2. The van der Waals surface area contributed by atoms with Gasteiger partial charge in [-0.05, 0) is 49.6 Å². The summed E-state index contributed by atoms with van der Waals surface area (Å²) in [5.74, 6) is -1.72. The number of ether oxygens (including phenoxy) is 1. The number of rotatable bonds is 3. The summed E-state index contributed by atoms with van der Waals surface area (Å²) in [6.45, 7) is 9.99. The van der Waals surface area contributed by atoms with Crippen LogP contribution in [0.15, 0.2) is 24.0 Å². The van der Waals surface area contributed by atoms with Crippen LogP contribution in [0.25, 0.3) is 5.57 Å². The molecule has 22 heavy (non-hydrogen) atoms. The van der Waals surface area contributed by atoms with Crippen molar-refractivity contribution in [2.24, 2.45) is 0 Å². The Morgan fingerprint density at radius 3 is 2.64 bits per heavy atom. The van der Waals surface area contributed by atoms with Gasteiger partial charge in [-0.25, -0.2) is 4.79 Å². The molecule has 1 aromatic rings. The normalized spacial score (nSPS) is 20.5. The molecule has 0 amide bonds. The van der Waals surface area contributed by atoms with Crippen LogP contribution >= 0.6 is 0 Å². The molecule has 0 saturated heterocycles. The number of anilines is 1. The molecule has 0 N–H and O–H groups in total. The monoisotopic (exact) mass is 305 g/mol. The van der Waals surface area contributed by atoms with E-state index >= 15 is 0 Å². The largest absolute Gasteiger partial charge is 0.461 e. The highest BCUT2D eigenvalue weighted by molar-refractivity contribution is 5.95. The van der Waals surface area contributed by atoms with Crippen LogP contribution in [-0.4, -0.2) is 25.7 Å². The van der Waals surface area contributed by atoms with Crippen molar-refractivity contribution >= 4 is 17.2 Å². The van der Waals surface area contributed by atoms with Crippen molar-refractivity contribution in [3.8, 4) is 0 Å². The molecule has 4 heteroatoms. The molecule has 120 valence electrons. The van der Waals surface area contributed by atoms with Crippen LogP contribution in [0.3, 0.4) is 0 Å². The Kier molecular flexibility index (Phi) is 4.32. The smallest absolute Gasteiger partial charge is 0.367 e. The Bertz CT molecular complexity index is 634. The molecule has 1 aliphatic heterocycles. The van der Waals surface area contributed by atoms with Gasteiger partial charge in [-0.3, -0.25) is 0 Å². The number of nitrogens with zero attached hydrogens (tertiary/aromatic N) is 1. The molecule has 1 atom stereocenters. The fourth-order valence-electron chi connectivity index (χ4n) is 2.99. The number of hydrogen-bond acceptors (Lipinski definition) is 3. The maximum Gasteiger partial charge on any atom is 0.367 e. The molecular formula is C18H24FNO2. The third kappa shape index (κ3) is 2.51. The number of carbonyl (C=O) groups excluding carboxylic acids is 1. The van der Waals surface area contributed by atoms with E-state index in [1.807, 2.05) is 18.2 Å². The molecule has 0 aromatic heterocycles. The average molecular weight is 305 g/mol. The Balaban J connectivity index is 2.47. The lowest BCUT2D eigenvalue weighted by molar-refractivity contribution is -0.140. The molecule has 3 nitrogen and oxygen atoms in total. The molecule has 0 fully saturated rings. The van der Waals surface area contributed by atoms with Crippen molar-refractivity contribution in [3.05, 3.63) is 35.2 Å². The van der Waals surface area contributed by atoms with Gasteiger partial charge in [0.2, 0.25) is 5.83 Å². The standard InChI is InChI=1S/C18H24FNO2/c1-7-22-17(21)16(19)11(2)13-8-9-15-14(10-13)18(4,5)12(3)20(15)6/h8-10,12H,7H2,1-6H3. The molecule has 0 radical (unpaired) electrons. The second-order valence-corrected chi connectivity index (χ2v) is 6.40. The highest BCUT2D eigenvalue weighted by atomic mass is 19.1. The molecular weight excluding hydrogens is 281 g/mol. The van der Waals surface area contributed by atoms with E-state index in [0.717, 1.165) is 11.3 Å². The zero-order chi connectivity index (χ0) is 16.7. The lowest BCUT2D eigenvalue weighted by Gasteiger charge is -2.28. The van der Waals surface area contributed by atoms with Crippen LogP contribution in [0.4, 0.5) is 10.1 Å². The van der Waals surface area contributed by atoms with Crippen molar-refractivity contribution < 1.29 is 13.9 Å². The Labute approximate surface area is 131 Å². The van der Waals surface area contributed by atoms with Crippen molar-refractivity contribution in [2.75, 3.05) is 18.6 Å². The van der Waals surface area contributed by atoms with E-state index in [9.17, 15) is 9.18 Å². The first-order valence-electron chi connectivity index (χ1n) is 7.63. The number of esters is 1. The van der Waals surface area contributed by atoms with Gasteiger partial charge in [0.15, 0.2) is 0 Å². The van der Waals surface area contributed by atoms with E-state index in [1.54, 1.807) is 13.8 Å². The van der Waals surface area contributed by atoms with Gasteiger partial charge < -0.3 is 9.64 Å². The average Bonchev–Trinajstić information content (AvgIpc) is 2.67. The number of benzene rings is 1. The molecule has 0 aliphatic carbocycles. The van der Waals surface area contributed by atoms with Crippen LogP contribution in [0.2, 0.25) is 0 Å². The van der Waals surface area contributed by atoms with Crippen molar-refractivity contribution in [2.45, 2.75) is 46.1 Å². The predicted octanol–water partition coefficient (Wildman–Crippen LogP) is 4.07. The summed E-state index contributed by atoms with van der Waals surface area (Å²) in [6.07, 6.45) is 0. The number of hydrogen-bond donors (Lipinski definition) is 0. The summed E-state index contributed by atoms with van der Waals surface area (Å²) in [6, 6.07) is 6.20. The first-order chi connectivity index (χ1) is 10.2. The van der Waals surface area contributed by atoms with E-state index < -0.39 is 11.8 Å². The second-order valence-electron chi connectivity index (χ2n) is 6.40. The summed E-state index contributed by atoms with van der Waals surface area (Å²) in [5, 5.41) is 0. The van der Waals surface area contributed by atoms with Gasteiger partial charge in [0.25, 0.3) is 0 Å². The topological polar surface area (TPSA) is 29.5 Å². The minimum atomic E-state index is -0.898. The van der Waals surface area contributed by atoms with Crippen LogP contribution < -0.4 is 4.90 Å². The summed E-state index contributed by atoms with van der Waals surface area (Å²) in [7, 11) is 2.07. The molecule has 1 heterocycles. The summed E-state index contributed by atoms with van der Waals surface area (Å²) < 4.78 is 18.9. The van der Waals surface area contributed by atoms with Crippen LogP contribution in [0.5, 0.6) is 0 Å². The van der Waals surface area contributed by atoms with Gasteiger partial charge in [0.05, 0.1) is 6.61 Å². The fraction of sp³-hybridized carbons (Fsp3) is 0.500. The van der Waals surface area contributed by atoms with Crippen molar-refractivity contribution in [1.82, 2.24) is 0 Å². The van der Waals surface area contributed by atoms with Gasteiger partial charge in [0.1, 0.15) is 0 Å². The van der Waals surface area contributed by atoms with E-state index in [2.05, 4.69) is 32.7 Å². The maximum atomic E-state index is 14.2. The van der Waals surface area contributed by atoms with Gasteiger partial charge >= 0.3 is 5.97 Å². The highest BCUT2D eigenvalue weighted by Gasteiger charge is 2.40. The minimum Gasteiger partial charge on any atom is -0.461 e. The van der Waals surface area contributed by atoms with Gasteiger partial charge in [-0.1, -0.05) is 19.9 Å². The van der Waals surface area contributed by atoms with Gasteiger partial charge in [-0.2, -0.15) is 4.39 Å². The Morgan fingerprint density at radius 2 is 2.05 bits per heavy atom. The van der Waals surface area contributed by atoms with E-state index in [1.165, 1.54) is 5.56 Å². The number of likely N-dealkylation sites (N-methyl/N-ethyl adjacent to an activating group) is 1. The number of halogens is 1. The third-order valence-electron chi connectivity index (χ3n) is 4.91. The molecule has 1 aromatic carbocycles. The maximum absolute atomic E-state index is 14.2. The van der Waals surface area contributed by atoms with Crippen molar-refractivity contribution in [3.63, 3.8) is 0 Å². The molecule has 1 aliphatic rings. The second kappa shape index (κ2) is 5.75.